The molecule has 0 saturated heterocycles. The standard InChI is InChI=1S/C15H18FN/c1-15(2,3)13-10-6-4-5-7-12(10)17-9-8-11(16)14(13)17/h4-7,11H,8-9H2,1-3H3. The number of para-hydroxylation sites is 1. The van der Waals surface area contributed by atoms with Crippen molar-refractivity contribution in [3.8, 4) is 0 Å². The summed E-state index contributed by atoms with van der Waals surface area (Å²) >= 11 is 0. The number of aryl methyl sites for hydroxylation is 1. The molecule has 0 bridgehead atoms. The van der Waals surface area contributed by atoms with Crippen LogP contribution in [0.15, 0.2) is 24.3 Å². The summed E-state index contributed by atoms with van der Waals surface area (Å²) in [6.45, 7) is 7.31. The molecule has 0 fully saturated rings. The van der Waals surface area contributed by atoms with Crippen LogP contribution in [0.1, 0.15) is 44.6 Å². The Morgan fingerprint density at radius 2 is 1.94 bits per heavy atom. The van der Waals surface area contributed by atoms with Gasteiger partial charge in [0.1, 0.15) is 6.17 Å². The van der Waals surface area contributed by atoms with Gasteiger partial charge in [0.2, 0.25) is 0 Å². The van der Waals surface area contributed by atoms with Gasteiger partial charge in [-0.2, -0.15) is 0 Å². The lowest BCUT2D eigenvalue weighted by molar-refractivity contribution is 0.339. The number of aromatic nitrogens is 1. The molecule has 1 aliphatic rings. The quantitative estimate of drug-likeness (QED) is 0.635. The van der Waals surface area contributed by atoms with E-state index in [1.54, 1.807) is 0 Å². The molecule has 0 aliphatic carbocycles. The fraction of sp³-hybridized carbons (Fsp3) is 0.467. The van der Waals surface area contributed by atoms with Crippen LogP contribution in [0.2, 0.25) is 0 Å². The highest BCUT2D eigenvalue weighted by Crippen LogP contribution is 2.43. The summed E-state index contributed by atoms with van der Waals surface area (Å²) in [5.41, 5.74) is 3.29. The predicted molar refractivity (Wildman–Crippen MR) is 69.1 cm³/mol. The first-order valence-corrected chi connectivity index (χ1v) is 6.26. The van der Waals surface area contributed by atoms with Crippen molar-refractivity contribution < 1.29 is 4.39 Å². The monoisotopic (exact) mass is 231 g/mol. The Morgan fingerprint density at radius 1 is 1.24 bits per heavy atom. The van der Waals surface area contributed by atoms with Crippen molar-refractivity contribution in [3.63, 3.8) is 0 Å². The molecule has 1 nitrogen and oxygen atoms in total. The van der Waals surface area contributed by atoms with Crippen molar-refractivity contribution in [2.45, 2.75) is 45.3 Å². The molecular weight excluding hydrogens is 213 g/mol. The molecule has 1 unspecified atom stereocenters. The largest absolute Gasteiger partial charge is 0.342 e. The molecule has 3 rings (SSSR count). The van der Waals surface area contributed by atoms with Crippen molar-refractivity contribution in [1.29, 1.82) is 0 Å². The molecule has 90 valence electrons. The van der Waals surface area contributed by atoms with E-state index in [9.17, 15) is 4.39 Å². The lowest BCUT2D eigenvalue weighted by atomic mass is 9.84. The first-order valence-electron chi connectivity index (χ1n) is 6.26. The van der Waals surface area contributed by atoms with E-state index >= 15 is 0 Å². The fourth-order valence-electron chi connectivity index (χ4n) is 3.06. The van der Waals surface area contributed by atoms with Crippen molar-refractivity contribution in [2.24, 2.45) is 0 Å². The van der Waals surface area contributed by atoms with Crippen molar-refractivity contribution in [3.05, 3.63) is 35.5 Å². The Hall–Kier alpha value is -1.31. The van der Waals surface area contributed by atoms with Crippen LogP contribution in [0.25, 0.3) is 10.9 Å². The van der Waals surface area contributed by atoms with Gasteiger partial charge in [-0.25, -0.2) is 4.39 Å². The van der Waals surface area contributed by atoms with E-state index < -0.39 is 6.17 Å². The molecule has 1 aliphatic heterocycles. The number of fused-ring (bicyclic) bond motifs is 3. The molecule has 1 aromatic heterocycles. The Labute approximate surface area is 101 Å². The van der Waals surface area contributed by atoms with E-state index in [1.807, 2.05) is 12.1 Å². The number of hydrogen-bond donors (Lipinski definition) is 0. The number of halogens is 1. The maximum absolute atomic E-state index is 14.1. The van der Waals surface area contributed by atoms with Crippen LogP contribution in [-0.2, 0) is 12.0 Å². The maximum Gasteiger partial charge on any atom is 0.142 e. The van der Waals surface area contributed by atoms with Crippen LogP contribution in [-0.4, -0.2) is 4.57 Å². The van der Waals surface area contributed by atoms with Gasteiger partial charge in [0.15, 0.2) is 0 Å². The minimum Gasteiger partial charge on any atom is -0.342 e. The van der Waals surface area contributed by atoms with Crippen LogP contribution in [0.5, 0.6) is 0 Å². The molecule has 0 amide bonds. The van der Waals surface area contributed by atoms with Crippen molar-refractivity contribution in [2.75, 3.05) is 0 Å². The van der Waals surface area contributed by atoms with Gasteiger partial charge in [-0.15, -0.1) is 0 Å². The molecule has 0 saturated carbocycles. The van der Waals surface area contributed by atoms with Gasteiger partial charge in [-0.1, -0.05) is 39.0 Å². The molecule has 2 aromatic rings. The zero-order valence-corrected chi connectivity index (χ0v) is 10.6. The normalized spacial score (nSPS) is 19.9. The molecule has 17 heavy (non-hydrogen) atoms. The second-order valence-electron chi connectivity index (χ2n) is 5.94. The third kappa shape index (κ3) is 1.43. The zero-order chi connectivity index (χ0) is 12.2. The first-order chi connectivity index (χ1) is 8.00. The molecule has 0 spiro atoms. The van der Waals surface area contributed by atoms with Crippen LogP contribution in [0, 0.1) is 0 Å². The van der Waals surface area contributed by atoms with Gasteiger partial charge in [-0.3, -0.25) is 0 Å². The fourth-order valence-corrected chi connectivity index (χ4v) is 3.06. The van der Waals surface area contributed by atoms with Gasteiger partial charge in [0, 0.05) is 23.9 Å². The summed E-state index contributed by atoms with van der Waals surface area (Å²) in [4.78, 5) is 0. The average molecular weight is 231 g/mol. The summed E-state index contributed by atoms with van der Waals surface area (Å²) in [5, 5.41) is 1.22. The first kappa shape index (κ1) is 10.8. The molecule has 2 heterocycles. The smallest absolute Gasteiger partial charge is 0.142 e. The Kier molecular flexibility index (Phi) is 2.13. The lowest BCUT2D eigenvalue weighted by Crippen LogP contribution is -2.13. The predicted octanol–water partition coefficient (Wildman–Crippen LogP) is 4.35. The third-order valence-corrected chi connectivity index (χ3v) is 3.66. The summed E-state index contributed by atoms with van der Waals surface area (Å²) < 4.78 is 16.3. The highest BCUT2D eigenvalue weighted by Gasteiger charge is 2.33. The lowest BCUT2D eigenvalue weighted by Gasteiger charge is -2.20. The van der Waals surface area contributed by atoms with Gasteiger partial charge >= 0.3 is 0 Å². The summed E-state index contributed by atoms with van der Waals surface area (Å²) in [6, 6.07) is 8.30. The van der Waals surface area contributed by atoms with E-state index in [4.69, 9.17) is 0 Å². The van der Waals surface area contributed by atoms with Crippen molar-refractivity contribution >= 4 is 10.9 Å². The van der Waals surface area contributed by atoms with Crippen molar-refractivity contribution in [1.82, 2.24) is 4.57 Å². The average Bonchev–Trinajstić information content (AvgIpc) is 2.76. The highest BCUT2D eigenvalue weighted by molar-refractivity contribution is 5.87. The van der Waals surface area contributed by atoms with E-state index in [0.29, 0.717) is 6.42 Å². The third-order valence-electron chi connectivity index (χ3n) is 3.66. The van der Waals surface area contributed by atoms with Crippen LogP contribution in [0.4, 0.5) is 4.39 Å². The Morgan fingerprint density at radius 3 is 2.65 bits per heavy atom. The number of benzene rings is 1. The van der Waals surface area contributed by atoms with Crippen LogP contribution in [0.3, 0.4) is 0 Å². The summed E-state index contributed by atoms with van der Waals surface area (Å²) in [5.74, 6) is 0. The summed E-state index contributed by atoms with van der Waals surface area (Å²) in [6.07, 6.45) is -0.167. The van der Waals surface area contributed by atoms with Gasteiger partial charge in [-0.05, 0) is 17.0 Å². The molecule has 0 N–H and O–H groups in total. The minimum absolute atomic E-state index is 0.00509. The van der Waals surface area contributed by atoms with E-state index in [0.717, 1.165) is 12.2 Å². The van der Waals surface area contributed by atoms with Crippen LogP contribution < -0.4 is 0 Å². The van der Waals surface area contributed by atoms with Gasteiger partial charge < -0.3 is 4.57 Å². The second kappa shape index (κ2) is 3.34. The minimum atomic E-state index is -0.795. The topological polar surface area (TPSA) is 4.93 Å². The molecule has 0 radical (unpaired) electrons. The molecule has 1 atom stereocenters. The molecule has 2 heteroatoms. The zero-order valence-electron chi connectivity index (χ0n) is 10.6. The van der Waals surface area contributed by atoms with Crippen LogP contribution >= 0.6 is 0 Å². The number of hydrogen-bond acceptors (Lipinski definition) is 0. The molecular formula is C15H18FN. The second-order valence-corrected chi connectivity index (χ2v) is 5.94. The summed E-state index contributed by atoms with van der Waals surface area (Å²) in [7, 11) is 0. The SMILES string of the molecule is CC(C)(C)c1c2n(c3ccccc13)CCC2F. The van der Waals surface area contributed by atoms with Gasteiger partial charge in [0.25, 0.3) is 0 Å². The van der Waals surface area contributed by atoms with E-state index in [-0.39, 0.29) is 5.41 Å². The number of rotatable bonds is 0. The molecule has 1 aromatic carbocycles. The Bertz CT molecular complexity index is 574. The maximum atomic E-state index is 14.1. The highest BCUT2D eigenvalue weighted by atomic mass is 19.1. The Balaban J connectivity index is 2.43. The van der Waals surface area contributed by atoms with Gasteiger partial charge in [0.05, 0.1) is 5.69 Å². The van der Waals surface area contributed by atoms with E-state index in [1.165, 1.54) is 16.5 Å². The number of alkyl halides is 1. The van der Waals surface area contributed by atoms with E-state index in [2.05, 4.69) is 37.5 Å². The number of nitrogens with zero attached hydrogens (tertiary/aromatic N) is 1.